The number of carbonyl (C=O) groups is 6. The quantitative estimate of drug-likeness (QED) is 0.181. The van der Waals surface area contributed by atoms with Crippen LogP contribution in [0.2, 0.25) is 0 Å². The minimum Gasteiger partial charge on any atom is -0.456 e. The molecular formula is C45H53NO14. The number of hydrogen-bond donors (Lipinski definition) is 3. The molecule has 1 saturated heterocycles. The van der Waals surface area contributed by atoms with Gasteiger partial charge in [-0.05, 0) is 75.3 Å². The van der Waals surface area contributed by atoms with Crippen LogP contribution >= 0.6 is 0 Å². The van der Waals surface area contributed by atoms with E-state index in [0.29, 0.717) is 12.0 Å². The van der Waals surface area contributed by atoms with Crippen LogP contribution in [0.15, 0.2) is 71.8 Å². The molecule has 3 N–H and O–H groups in total. The molecule has 0 radical (unpaired) electrons. The van der Waals surface area contributed by atoms with E-state index in [-0.39, 0.29) is 35.7 Å². The van der Waals surface area contributed by atoms with Gasteiger partial charge in [-0.2, -0.15) is 0 Å². The maximum absolute atomic E-state index is 15.4. The minimum atomic E-state index is -2.25. The highest BCUT2D eigenvalue weighted by Crippen LogP contribution is 2.74. The molecule has 322 valence electrons. The van der Waals surface area contributed by atoms with Crippen molar-refractivity contribution in [2.75, 3.05) is 6.61 Å². The fourth-order valence-corrected chi connectivity index (χ4v) is 10.4. The molecule has 1 aliphatic heterocycles. The normalized spacial score (nSPS) is 33.3. The first kappa shape index (κ1) is 43.0. The molecule has 1 spiro atoms. The standard InChI is InChI=1S/C45H53NO14/c1-23-29(57-39(52)33(49)32(26-15-11-9-12-16-26)46-40(53)60-41(4,5)6)21-45(54)37(58-38(51)27-17-13-10-14-18-27)35-43(36(50)34(56-24(2)47)31(23)42(45,7)8)20-28(43)19-30-44(35,22-55-30)59-25(3)48/h9-18,28-30,32-35,37,49,54H,19-22H2,1-8H3,(H,46,53)/t28-,29-,30-,32+,33-,34-,35+,37+,43-,44+,45-/m1/s1. The van der Waals surface area contributed by atoms with E-state index in [1.54, 1.807) is 90.1 Å². The van der Waals surface area contributed by atoms with Gasteiger partial charge in [-0.3, -0.25) is 14.4 Å². The third kappa shape index (κ3) is 7.07. The summed E-state index contributed by atoms with van der Waals surface area (Å²) in [6.07, 6.45) is -8.18. The van der Waals surface area contributed by atoms with Gasteiger partial charge in [0, 0.05) is 31.1 Å². The van der Waals surface area contributed by atoms with E-state index >= 15 is 4.79 Å². The smallest absolute Gasteiger partial charge is 0.408 e. The van der Waals surface area contributed by atoms with Crippen molar-refractivity contribution in [3.05, 3.63) is 82.9 Å². The van der Waals surface area contributed by atoms with Crippen LogP contribution in [-0.4, -0.2) is 99.9 Å². The van der Waals surface area contributed by atoms with Gasteiger partial charge in [0.15, 0.2) is 23.6 Å². The summed E-state index contributed by atoms with van der Waals surface area (Å²) in [6.45, 7) is 12.0. The van der Waals surface area contributed by atoms with Crippen molar-refractivity contribution in [3.8, 4) is 0 Å². The second-order valence-electron chi connectivity index (χ2n) is 18.3. The number of esters is 4. The van der Waals surface area contributed by atoms with Crippen molar-refractivity contribution < 1.29 is 67.4 Å². The second kappa shape index (κ2) is 15.1. The number of ketones is 1. The Labute approximate surface area is 348 Å². The summed E-state index contributed by atoms with van der Waals surface area (Å²) >= 11 is 0. The Kier molecular flexibility index (Phi) is 10.8. The van der Waals surface area contributed by atoms with E-state index in [1.807, 2.05) is 0 Å². The van der Waals surface area contributed by atoms with Crippen LogP contribution in [0.3, 0.4) is 0 Å². The van der Waals surface area contributed by atoms with Crippen LogP contribution in [0.1, 0.15) is 96.6 Å². The number of benzene rings is 2. The minimum absolute atomic E-state index is 0.128. The number of hydrogen-bond acceptors (Lipinski definition) is 14. The van der Waals surface area contributed by atoms with E-state index in [9.17, 15) is 34.2 Å². The molecule has 0 unspecified atom stereocenters. The summed E-state index contributed by atoms with van der Waals surface area (Å²) in [5.41, 5.74) is -6.79. The van der Waals surface area contributed by atoms with Crippen LogP contribution in [0, 0.1) is 22.7 Å². The lowest BCUT2D eigenvalue weighted by atomic mass is 9.48. The van der Waals surface area contributed by atoms with Crippen LogP contribution in [0.5, 0.6) is 0 Å². The number of aliphatic hydroxyl groups excluding tert-OH is 1. The second-order valence-corrected chi connectivity index (χ2v) is 18.3. The Morgan fingerprint density at radius 3 is 2.10 bits per heavy atom. The molecule has 15 nitrogen and oxygen atoms in total. The number of Topliss-reactive ketones (excluding diaryl/α,β-unsaturated/α-hetero) is 1. The number of rotatable bonds is 9. The van der Waals surface area contributed by atoms with E-state index in [4.69, 9.17) is 28.4 Å². The first-order valence-corrected chi connectivity index (χ1v) is 20.2. The van der Waals surface area contributed by atoms with Crippen molar-refractivity contribution >= 4 is 35.8 Å². The molecule has 3 saturated carbocycles. The van der Waals surface area contributed by atoms with E-state index in [1.165, 1.54) is 19.1 Å². The summed E-state index contributed by atoms with van der Waals surface area (Å²) in [4.78, 5) is 82.8. The van der Waals surface area contributed by atoms with Crippen molar-refractivity contribution in [1.29, 1.82) is 0 Å². The lowest BCUT2D eigenvalue weighted by Crippen LogP contribution is -2.78. The number of alkyl carbamates (subject to hydrolysis) is 1. The average Bonchev–Trinajstić information content (AvgIpc) is 3.90. The van der Waals surface area contributed by atoms with Gasteiger partial charge in [0.05, 0.1) is 24.1 Å². The zero-order valence-electron chi connectivity index (χ0n) is 35.0. The SMILES string of the molecule is CC(=O)O[C@H]1C(=O)[C@]23C[C@H]2C[C@H]2OC[C@@]2(OC(C)=O)[C@H]3[C@H](OC(=O)c2ccccc2)[C@]2(O)C[C@@H](OC(=O)[C@H](O)[C@@H](NC(=O)OC(C)(C)C)c3ccccc3)C(C)=C1C2(C)C. The number of ether oxygens (including phenoxy) is 6. The lowest BCUT2D eigenvalue weighted by Gasteiger charge is -2.64. The number of carbonyl (C=O) groups excluding carboxylic acids is 6. The zero-order chi connectivity index (χ0) is 43.7. The maximum atomic E-state index is 15.4. The number of aliphatic hydroxyl groups is 2. The molecule has 60 heavy (non-hydrogen) atoms. The summed E-state index contributed by atoms with van der Waals surface area (Å²) in [5, 5.41) is 27.9. The Balaban J connectivity index is 1.37. The van der Waals surface area contributed by atoms with Crippen molar-refractivity contribution in [2.45, 2.75) is 128 Å². The van der Waals surface area contributed by atoms with Crippen molar-refractivity contribution in [3.63, 3.8) is 0 Å². The van der Waals surface area contributed by atoms with Crippen molar-refractivity contribution in [1.82, 2.24) is 5.32 Å². The fraction of sp³-hybridized carbons (Fsp3) is 0.556. The maximum Gasteiger partial charge on any atom is 0.408 e. The predicted octanol–water partition coefficient (Wildman–Crippen LogP) is 4.47. The highest BCUT2D eigenvalue weighted by Gasteiger charge is 2.84. The number of amides is 1. The third-order valence-corrected chi connectivity index (χ3v) is 13.2. The molecule has 1 amide bonds. The summed E-state index contributed by atoms with van der Waals surface area (Å²) in [6, 6.07) is 14.9. The van der Waals surface area contributed by atoms with Gasteiger partial charge in [0.2, 0.25) is 0 Å². The van der Waals surface area contributed by atoms with Crippen LogP contribution in [0.25, 0.3) is 0 Å². The molecule has 2 aromatic carbocycles. The summed E-state index contributed by atoms with van der Waals surface area (Å²) < 4.78 is 36.0. The Morgan fingerprint density at radius 2 is 1.53 bits per heavy atom. The molecule has 1 heterocycles. The first-order chi connectivity index (χ1) is 28.1. The molecular weight excluding hydrogens is 778 g/mol. The van der Waals surface area contributed by atoms with Crippen LogP contribution < -0.4 is 5.32 Å². The van der Waals surface area contributed by atoms with Gasteiger partial charge >= 0.3 is 30.0 Å². The Bertz CT molecular complexity index is 2110. The summed E-state index contributed by atoms with van der Waals surface area (Å²) in [5.74, 6) is -5.65. The van der Waals surface area contributed by atoms with Gasteiger partial charge in [-0.1, -0.05) is 62.4 Å². The third-order valence-electron chi connectivity index (χ3n) is 13.2. The zero-order valence-corrected chi connectivity index (χ0v) is 35.0. The molecule has 4 fully saturated rings. The number of fused-ring (bicyclic) bond motifs is 4. The first-order valence-electron chi connectivity index (χ1n) is 20.2. The van der Waals surface area contributed by atoms with Gasteiger partial charge in [-0.15, -0.1) is 0 Å². The molecule has 4 aliphatic carbocycles. The van der Waals surface area contributed by atoms with E-state index < -0.39 is 112 Å². The molecule has 11 atom stereocenters. The fourth-order valence-electron chi connectivity index (χ4n) is 10.4. The summed E-state index contributed by atoms with van der Waals surface area (Å²) in [7, 11) is 0. The molecule has 2 bridgehead atoms. The van der Waals surface area contributed by atoms with Gasteiger partial charge in [0.25, 0.3) is 0 Å². The Hall–Kier alpha value is -5.12. The molecule has 5 aliphatic rings. The van der Waals surface area contributed by atoms with E-state index in [0.717, 1.165) is 6.92 Å². The molecule has 2 aromatic rings. The molecule has 0 aromatic heterocycles. The highest BCUT2D eigenvalue weighted by molar-refractivity contribution is 5.97. The topological polar surface area (TPSA) is 210 Å². The van der Waals surface area contributed by atoms with Crippen molar-refractivity contribution in [2.24, 2.45) is 22.7 Å². The van der Waals surface area contributed by atoms with Crippen LogP contribution in [0.4, 0.5) is 4.79 Å². The highest BCUT2D eigenvalue weighted by atomic mass is 16.6. The molecule has 7 rings (SSSR count). The number of nitrogens with one attached hydrogen (secondary N) is 1. The van der Waals surface area contributed by atoms with E-state index in [2.05, 4.69) is 5.32 Å². The van der Waals surface area contributed by atoms with Gasteiger partial charge in [-0.25, -0.2) is 14.4 Å². The lowest BCUT2D eigenvalue weighted by molar-refractivity contribution is -0.323. The largest absolute Gasteiger partial charge is 0.456 e. The predicted molar refractivity (Wildman–Crippen MR) is 210 cm³/mol. The van der Waals surface area contributed by atoms with Gasteiger partial charge in [0.1, 0.15) is 29.5 Å². The van der Waals surface area contributed by atoms with Crippen LogP contribution in [-0.2, 0) is 47.6 Å². The Morgan fingerprint density at radius 1 is 0.900 bits per heavy atom. The van der Waals surface area contributed by atoms with Gasteiger partial charge < -0.3 is 44.0 Å². The monoisotopic (exact) mass is 831 g/mol. The average molecular weight is 832 g/mol. The molecule has 15 heteroatoms.